The zero-order valence-electron chi connectivity index (χ0n) is 9.25. The van der Waals surface area contributed by atoms with E-state index in [4.69, 9.17) is 16.5 Å². The van der Waals surface area contributed by atoms with Crippen LogP contribution < -0.4 is 0 Å². The lowest BCUT2D eigenvalue weighted by Gasteiger charge is -2.37. The molecule has 1 heterocycles. The Bertz CT molecular complexity index is 234. The van der Waals surface area contributed by atoms with Crippen LogP contribution in [0.3, 0.4) is 0 Å². The topological polar surface area (TPSA) is 36.9 Å². The maximum atomic E-state index is 6.05. The van der Waals surface area contributed by atoms with Gasteiger partial charge in [0.1, 0.15) is 0 Å². The third kappa shape index (κ3) is 3.24. The standard InChI is InChI=1S/C6H18O4Si4/c1-6(2)14(5)9-12-7-11-8-13(3,4)10-14/h1,11-12H2,2-5H3. The van der Waals surface area contributed by atoms with Gasteiger partial charge in [-0.25, -0.2) is 0 Å². The van der Waals surface area contributed by atoms with E-state index in [1.165, 1.54) is 0 Å². The molecule has 0 saturated carbocycles. The van der Waals surface area contributed by atoms with Crippen LogP contribution in [0.2, 0.25) is 19.6 Å². The third-order valence-corrected chi connectivity index (χ3v) is 14.5. The summed E-state index contributed by atoms with van der Waals surface area (Å²) in [7, 11) is -6.04. The zero-order valence-corrected chi connectivity index (χ0v) is 14.1. The molecular weight excluding hydrogens is 248 g/mol. The molecule has 82 valence electrons. The molecule has 1 atom stereocenters. The molecule has 1 rings (SSSR count). The number of hydrogen-bond donors (Lipinski definition) is 0. The first-order valence-corrected chi connectivity index (χ1v) is 12.0. The van der Waals surface area contributed by atoms with Crippen LogP contribution in [0.4, 0.5) is 0 Å². The maximum Gasteiger partial charge on any atom is 0.346 e. The van der Waals surface area contributed by atoms with Gasteiger partial charge in [0.15, 0.2) is 0 Å². The third-order valence-electron chi connectivity index (χ3n) is 2.12. The predicted molar refractivity (Wildman–Crippen MR) is 65.3 cm³/mol. The molecule has 8 heteroatoms. The fourth-order valence-electron chi connectivity index (χ4n) is 1.11. The number of allylic oxidation sites excluding steroid dienone is 1. The Morgan fingerprint density at radius 2 is 1.71 bits per heavy atom. The van der Waals surface area contributed by atoms with E-state index in [1.54, 1.807) is 0 Å². The molecule has 14 heavy (non-hydrogen) atoms. The van der Waals surface area contributed by atoms with Gasteiger partial charge < -0.3 is 16.5 Å². The van der Waals surface area contributed by atoms with Gasteiger partial charge in [-0.05, 0) is 31.8 Å². The second-order valence-corrected chi connectivity index (χ2v) is 14.7. The Morgan fingerprint density at radius 3 is 2.29 bits per heavy atom. The Labute approximate surface area is 92.2 Å². The van der Waals surface area contributed by atoms with Gasteiger partial charge in [0.05, 0.1) is 0 Å². The molecule has 1 fully saturated rings. The van der Waals surface area contributed by atoms with E-state index >= 15 is 0 Å². The van der Waals surface area contributed by atoms with Crippen molar-refractivity contribution in [2.45, 2.75) is 26.6 Å². The summed E-state index contributed by atoms with van der Waals surface area (Å²) in [4.78, 5) is 0. The number of rotatable bonds is 1. The van der Waals surface area contributed by atoms with Crippen LogP contribution in [0.15, 0.2) is 11.8 Å². The highest BCUT2D eigenvalue weighted by molar-refractivity contribution is 6.86. The van der Waals surface area contributed by atoms with Crippen LogP contribution in [0.5, 0.6) is 0 Å². The van der Waals surface area contributed by atoms with Gasteiger partial charge in [-0.1, -0.05) is 6.58 Å². The van der Waals surface area contributed by atoms with E-state index in [1.807, 2.05) is 26.6 Å². The molecule has 0 aromatic carbocycles. The highest BCUT2D eigenvalue weighted by Gasteiger charge is 2.42. The molecule has 1 saturated heterocycles. The van der Waals surface area contributed by atoms with E-state index in [-0.39, 0.29) is 0 Å². The highest BCUT2D eigenvalue weighted by atomic mass is 28.5. The van der Waals surface area contributed by atoms with Crippen molar-refractivity contribution in [3.05, 3.63) is 11.8 Å². The fraction of sp³-hybridized carbons (Fsp3) is 0.667. The molecule has 1 aliphatic rings. The van der Waals surface area contributed by atoms with Gasteiger partial charge in [-0.2, -0.15) is 0 Å². The first kappa shape index (κ1) is 12.5. The van der Waals surface area contributed by atoms with Crippen molar-refractivity contribution in [2.24, 2.45) is 0 Å². The lowest BCUT2D eigenvalue weighted by Crippen LogP contribution is -2.54. The Morgan fingerprint density at radius 1 is 1.14 bits per heavy atom. The van der Waals surface area contributed by atoms with Crippen LogP contribution >= 0.6 is 0 Å². The summed E-state index contributed by atoms with van der Waals surface area (Å²) in [6.07, 6.45) is 0. The molecule has 0 N–H and O–H groups in total. The molecule has 0 amide bonds. The lowest BCUT2D eigenvalue weighted by molar-refractivity contribution is 0.287. The van der Waals surface area contributed by atoms with E-state index in [0.717, 1.165) is 5.20 Å². The SMILES string of the molecule is C=C(C)[Si]1(C)O[SiH2]O[SiH2]O[Si](C)(C)O1. The van der Waals surface area contributed by atoms with Crippen LogP contribution in [-0.2, 0) is 16.5 Å². The first-order chi connectivity index (χ1) is 6.36. The van der Waals surface area contributed by atoms with E-state index < -0.39 is 37.1 Å². The van der Waals surface area contributed by atoms with Gasteiger partial charge in [0, 0.05) is 0 Å². The summed E-state index contributed by atoms with van der Waals surface area (Å²) in [6.45, 7) is 12.0. The largest absolute Gasteiger partial charge is 0.425 e. The monoisotopic (exact) mass is 266 g/mol. The summed E-state index contributed by atoms with van der Waals surface area (Å²) in [5.41, 5.74) is 0. The van der Waals surface area contributed by atoms with Crippen molar-refractivity contribution in [2.75, 3.05) is 0 Å². The van der Waals surface area contributed by atoms with Crippen LogP contribution in [-0.4, -0.2) is 37.1 Å². The van der Waals surface area contributed by atoms with Crippen molar-refractivity contribution in [1.29, 1.82) is 0 Å². The summed E-state index contributed by atoms with van der Waals surface area (Å²) >= 11 is 0. The number of hydrogen-bond acceptors (Lipinski definition) is 4. The smallest absolute Gasteiger partial charge is 0.346 e. The fourth-order valence-corrected chi connectivity index (χ4v) is 12.6. The molecule has 0 aromatic rings. The van der Waals surface area contributed by atoms with Crippen molar-refractivity contribution in [3.8, 4) is 0 Å². The first-order valence-electron chi connectivity index (χ1n) is 4.57. The van der Waals surface area contributed by atoms with Gasteiger partial charge >= 0.3 is 17.1 Å². The maximum absolute atomic E-state index is 6.05. The van der Waals surface area contributed by atoms with Crippen molar-refractivity contribution < 1.29 is 16.5 Å². The zero-order chi connectivity index (χ0) is 10.8. The Hall–Kier alpha value is 0.448. The normalized spacial score (nSPS) is 36.6. The van der Waals surface area contributed by atoms with Crippen molar-refractivity contribution in [1.82, 2.24) is 0 Å². The predicted octanol–water partition coefficient (Wildman–Crippen LogP) is -0.0469. The lowest BCUT2D eigenvalue weighted by atomic mass is 10.8. The summed E-state index contributed by atoms with van der Waals surface area (Å²) in [5, 5.41) is 1.00. The van der Waals surface area contributed by atoms with Gasteiger partial charge in [0.25, 0.3) is 20.0 Å². The molecule has 0 aliphatic carbocycles. The van der Waals surface area contributed by atoms with Gasteiger partial charge in [-0.15, -0.1) is 0 Å². The molecule has 0 bridgehead atoms. The average Bonchev–Trinajstić information content (AvgIpc) is 1.99. The molecular formula is C6H18O4Si4. The van der Waals surface area contributed by atoms with Gasteiger partial charge in [-0.3, -0.25) is 0 Å². The summed E-state index contributed by atoms with van der Waals surface area (Å²) in [6, 6.07) is 0. The van der Waals surface area contributed by atoms with Crippen LogP contribution in [0, 0.1) is 0 Å². The Kier molecular flexibility index (Phi) is 4.05. The molecule has 1 unspecified atom stereocenters. The average molecular weight is 267 g/mol. The molecule has 0 aromatic heterocycles. The molecule has 1 aliphatic heterocycles. The van der Waals surface area contributed by atoms with Crippen LogP contribution in [0.25, 0.3) is 0 Å². The second-order valence-electron chi connectivity index (χ2n) is 3.96. The quantitative estimate of drug-likeness (QED) is 0.624. The highest BCUT2D eigenvalue weighted by Crippen LogP contribution is 2.23. The van der Waals surface area contributed by atoms with Gasteiger partial charge in [0.2, 0.25) is 0 Å². The second kappa shape index (κ2) is 4.53. The van der Waals surface area contributed by atoms with E-state index in [2.05, 4.69) is 6.58 Å². The van der Waals surface area contributed by atoms with E-state index in [9.17, 15) is 0 Å². The minimum atomic E-state index is -2.23. The minimum absolute atomic E-state index is 0.860. The minimum Gasteiger partial charge on any atom is -0.425 e. The van der Waals surface area contributed by atoms with Crippen molar-refractivity contribution >= 4 is 37.1 Å². The molecule has 0 radical (unpaired) electrons. The Balaban J connectivity index is 2.78. The molecule has 0 spiro atoms. The van der Waals surface area contributed by atoms with Crippen LogP contribution in [0.1, 0.15) is 6.92 Å². The van der Waals surface area contributed by atoms with E-state index in [0.29, 0.717) is 0 Å². The summed E-state index contributed by atoms with van der Waals surface area (Å²) in [5.74, 6) is 0. The molecule has 4 nitrogen and oxygen atoms in total. The summed E-state index contributed by atoms with van der Waals surface area (Å²) < 4.78 is 23.0. The van der Waals surface area contributed by atoms with Crippen molar-refractivity contribution in [3.63, 3.8) is 0 Å².